The number of furan rings is 1. The first-order chi connectivity index (χ1) is 15.5. The van der Waals surface area contributed by atoms with E-state index in [1.165, 1.54) is 0 Å². The highest BCUT2D eigenvalue weighted by molar-refractivity contribution is 5.95. The maximum atomic E-state index is 13.0. The van der Waals surface area contributed by atoms with E-state index in [1.807, 2.05) is 53.4 Å². The summed E-state index contributed by atoms with van der Waals surface area (Å²) in [6, 6.07) is 18.7. The van der Waals surface area contributed by atoms with Crippen molar-refractivity contribution < 1.29 is 13.9 Å². The fourth-order valence-corrected chi connectivity index (χ4v) is 4.41. The van der Waals surface area contributed by atoms with Gasteiger partial charge in [-0.1, -0.05) is 24.1 Å². The summed E-state index contributed by atoms with van der Waals surface area (Å²) < 4.78 is 11.6. The molecule has 3 N–H and O–H groups in total. The summed E-state index contributed by atoms with van der Waals surface area (Å²) in [6.07, 6.45) is 1.57. The maximum absolute atomic E-state index is 13.0. The highest BCUT2D eigenvalue weighted by Crippen LogP contribution is 2.46. The molecule has 3 heterocycles. The van der Waals surface area contributed by atoms with E-state index in [0.29, 0.717) is 36.8 Å². The zero-order valence-corrected chi connectivity index (χ0v) is 17.6. The van der Waals surface area contributed by atoms with E-state index < -0.39 is 0 Å². The number of rotatable bonds is 2. The third kappa shape index (κ3) is 3.63. The summed E-state index contributed by atoms with van der Waals surface area (Å²) in [5.74, 6) is 7.57. The second-order valence-corrected chi connectivity index (χ2v) is 8.27. The van der Waals surface area contributed by atoms with Gasteiger partial charge in [0, 0.05) is 35.2 Å². The van der Waals surface area contributed by atoms with E-state index in [9.17, 15) is 4.79 Å². The summed E-state index contributed by atoms with van der Waals surface area (Å²) in [6.45, 7) is 1.81. The van der Waals surface area contributed by atoms with Crippen molar-refractivity contribution in [2.75, 3.05) is 19.7 Å². The van der Waals surface area contributed by atoms with Gasteiger partial charge in [0.2, 0.25) is 0 Å². The average molecular weight is 425 g/mol. The minimum Gasteiger partial charge on any atom is -0.492 e. The Bertz CT molecular complexity index is 1240. The van der Waals surface area contributed by atoms with Crippen LogP contribution in [0.1, 0.15) is 45.8 Å². The van der Waals surface area contributed by atoms with Gasteiger partial charge in [0.05, 0.1) is 6.61 Å². The molecule has 1 aromatic heterocycles. The Kier molecular flexibility index (Phi) is 4.95. The minimum absolute atomic E-state index is 0.0476. The van der Waals surface area contributed by atoms with Crippen LogP contribution in [0.4, 0.5) is 0 Å². The van der Waals surface area contributed by atoms with Crippen molar-refractivity contribution in [3.05, 3.63) is 88.9 Å². The molecular formula is C26H23N3O3. The number of nitrogens with zero attached hydrogens (tertiary/aromatic N) is 1. The zero-order chi connectivity index (χ0) is 22.1. The Labute approximate surface area is 186 Å². The lowest BCUT2D eigenvalue weighted by atomic mass is 9.74. The molecule has 1 saturated heterocycles. The number of hydrogen-bond donors (Lipinski definition) is 2. The Morgan fingerprint density at radius 2 is 1.81 bits per heavy atom. The molecule has 1 fully saturated rings. The molecular weight excluding hydrogens is 402 g/mol. The summed E-state index contributed by atoms with van der Waals surface area (Å²) in [4.78, 5) is 14.8. The topological polar surface area (TPSA) is 92.6 Å². The number of nitrogen functional groups attached to an aromatic ring is 1. The average Bonchev–Trinajstić information content (AvgIpc) is 3.44. The number of piperidine rings is 1. The molecule has 5 rings (SSSR count). The lowest BCUT2D eigenvalue weighted by molar-refractivity contribution is 0.0615. The number of benzene rings is 2. The molecule has 6 nitrogen and oxygen atoms in total. The van der Waals surface area contributed by atoms with Crippen LogP contribution < -0.4 is 10.5 Å². The molecule has 2 aliphatic rings. The highest BCUT2D eigenvalue weighted by atomic mass is 16.5. The molecule has 0 radical (unpaired) electrons. The molecule has 0 saturated carbocycles. The van der Waals surface area contributed by atoms with Gasteiger partial charge in [-0.3, -0.25) is 10.2 Å². The van der Waals surface area contributed by atoms with Crippen molar-refractivity contribution in [3.8, 4) is 17.6 Å². The quantitative estimate of drug-likeness (QED) is 0.373. The third-order valence-electron chi connectivity index (χ3n) is 6.29. The maximum Gasteiger partial charge on any atom is 0.289 e. The molecule has 0 unspecified atom stereocenters. The van der Waals surface area contributed by atoms with Crippen LogP contribution in [0.25, 0.3) is 0 Å². The van der Waals surface area contributed by atoms with Crippen LogP contribution in [0.15, 0.2) is 65.1 Å². The van der Waals surface area contributed by atoms with Gasteiger partial charge in [-0.05, 0) is 61.2 Å². The van der Waals surface area contributed by atoms with Gasteiger partial charge in [-0.25, -0.2) is 0 Å². The van der Waals surface area contributed by atoms with Gasteiger partial charge < -0.3 is 19.8 Å². The van der Waals surface area contributed by atoms with E-state index in [-0.39, 0.29) is 17.2 Å². The molecule has 2 aliphatic heterocycles. The highest BCUT2D eigenvalue weighted by Gasteiger charge is 2.44. The van der Waals surface area contributed by atoms with E-state index in [2.05, 4.69) is 11.8 Å². The van der Waals surface area contributed by atoms with E-state index in [0.717, 1.165) is 29.7 Å². The predicted molar refractivity (Wildman–Crippen MR) is 121 cm³/mol. The number of fused-ring (bicyclic) bond motifs is 2. The van der Waals surface area contributed by atoms with Crippen molar-refractivity contribution in [2.24, 2.45) is 5.73 Å². The molecule has 1 amide bonds. The number of amidine groups is 1. The molecule has 0 bridgehead atoms. The van der Waals surface area contributed by atoms with Gasteiger partial charge in [-0.15, -0.1) is 0 Å². The summed E-state index contributed by atoms with van der Waals surface area (Å²) in [5.41, 5.74) is 8.22. The van der Waals surface area contributed by atoms with Crippen LogP contribution in [0, 0.1) is 17.3 Å². The van der Waals surface area contributed by atoms with Crippen molar-refractivity contribution >= 4 is 11.7 Å². The van der Waals surface area contributed by atoms with Crippen molar-refractivity contribution in [1.82, 2.24) is 4.90 Å². The van der Waals surface area contributed by atoms with Gasteiger partial charge in [0.15, 0.2) is 11.5 Å². The minimum atomic E-state index is -0.146. The van der Waals surface area contributed by atoms with E-state index in [4.69, 9.17) is 20.3 Å². The normalized spacial score (nSPS) is 16.1. The molecule has 3 aromatic rings. The van der Waals surface area contributed by atoms with Gasteiger partial charge in [-0.2, -0.15) is 0 Å². The molecule has 0 aliphatic carbocycles. The van der Waals surface area contributed by atoms with Crippen LogP contribution in [0.5, 0.6) is 5.75 Å². The largest absolute Gasteiger partial charge is 0.492 e. The molecule has 2 aromatic carbocycles. The predicted octanol–water partition coefficient (Wildman–Crippen LogP) is 3.53. The molecule has 32 heavy (non-hydrogen) atoms. The molecule has 6 heteroatoms. The number of nitrogens with one attached hydrogen (secondary N) is 1. The van der Waals surface area contributed by atoms with Crippen molar-refractivity contribution in [2.45, 2.75) is 18.3 Å². The number of hydrogen-bond acceptors (Lipinski definition) is 4. The van der Waals surface area contributed by atoms with Crippen LogP contribution in [0.2, 0.25) is 0 Å². The zero-order valence-electron chi connectivity index (χ0n) is 17.6. The fourth-order valence-electron chi connectivity index (χ4n) is 4.41. The lowest BCUT2D eigenvalue weighted by Gasteiger charge is -2.38. The second kappa shape index (κ2) is 7.93. The van der Waals surface area contributed by atoms with Crippen LogP contribution >= 0.6 is 0 Å². The number of amides is 1. The molecule has 160 valence electrons. The monoisotopic (exact) mass is 425 g/mol. The van der Waals surface area contributed by atoms with E-state index in [1.54, 1.807) is 12.1 Å². The van der Waals surface area contributed by atoms with E-state index >= 15 is 0 Å². The van der Waals surface area contributed by atoms with Crippen LogP contribution in [-0.2, 0) is 5.41 Å². The summed E-state index contributed by atoms with van der Waals surface area (Å²) >= 11 is 0. The smallest absolute Gasteiger partial charge is 0.289 e. The Balaban J connectivity index is 1.28. The number of ether oxygens (including phenoxy) is 1. The van der Waals surface area contributed by atoms with Gasteiger partial charge in [0.1, 0.15) is 11.6 Å². The number of carbonyl (C=O) groups is 1. The standard InChI is InChI=1S/C26H23N3O3/c27-24(28)19-7-10-22-21(16-19)26(17-31-22)12-14-29(15-13-26)25(30)23-11-9-20(32-23)8-6-18-4-2-1-3-5-18/h1-5,7,9-11,16H,12-15,17H2,(H3,27,28). The Morgan fingerprint density at radius 3 is 2.56 bits per heavy atom. The molecule has 1 spiro atoms. The SMILES string of the molecule is N=C(N)c1ccc2c(c1)C1(CCN(C(=O)c3ccc(C#Cc4ccccc4)o3)CC1)CO2. The Hall–Kier alpha value is -3.98. The number of likely N-dealkylation sites (tertiary alicyclic amines) is 1. The number of nitrogens with two attached hydrogens (primary N) is 1. The first-order valence-corrected chi connectivity index (χ1v) is 10.6. The van der Waals surface area contributed by atoms with Gasteiger partial charge >= 0.3 is 0 Å². The second-order valence-electron chi connectivity index (χ2n) is 8.27. The summed E-state index contributed by atoms with van der Waals surface area (Å²) in [5, 5.41) is 7.73. The first kappa shape index (κ1) is 20.0. The van der Waals surface area contributed by atoms with Crippen LogP contribution in [0.3, 0.4) is 0 Å². The summed E-state index contributed by atoms with van der Waals surface area (Å²) in [7, 11) is 0. The first-order valence-electron chi connectivity index (χ1n) is 10.6. The Morgan fingerprint density at radius 1 is 1.03 bits per heavy atom. The lowest BCUT2D eigenvalue weighted by Crippen LogP contribution is -2.46. The third-order valence-corrected chi connectivity index (χ3v) is 6.29. The fraction of sp³-hybridized carbons (Fsp3) is 0.231. The number of carbonyl (C=O) groups excluding carboxylic acids is 1. The van der Waals surface area contributed by atoms with Crippen molar-refractivity contribution in [3.63, 3.8) is 0 Å². The van der Waals surface area contributed by atoms with Gasteiger partial charge in [0.25, 0.3) is 5.91 Å². The molecule has 0 atom stereocenters. The van der Waals surface area contributed by atoms with Crippen molar-refractivity contribution in [1.29, 1.82) is 5.41 Å². The van der Waals surface area contributed by atoms with Crippen LogP contribution in [-0.4, -0.2) is 36.3 Å².